The summed E-state index contributed by atoms with van der Waals surface area (Å²) in [6.45, 7) is 9.45. The monoisotopic (exact) mass is 337 g/mol. The molecular weight excluding hydrogens is 310 g/mol. The van der Waals surface area contributed by atoms with Crippen LogP contribution in [0, 0.1) is 0 Å². The van der Waals surface area contributed by atoms with Crippen LogP contribution in [0.4, 0.5) is 10.5 Å². The minimum Gasteiger partial charge on any atom is -0.507 e. The average molecular weight is 337 g/mol. The third-order valence-electron chi connectivity index (χ3n) is 3.80. The van der Waals surface area contributed by atoms with Crippen LogP contribution in [0.25, 0.3) is 0 Å². The van der Waals surface area contributed by atoms with Gasteiger partial charge < -0.3 is 19.5 Å². The number of ether oxygens (including phenoxy) is 2. The second-order valence-corrected chi connectivity index (χ2v) is 5.31. The summed E-state index contributed by atoms with van der Waals surface area (Å²) in [7, 11) is 0. The molecule has 1 N–H and O–H groups in total. The Morgan fingerprint density at radius 2 is 1.79 bits per heavy atom. The van der Waals surface area contributed by atoms with E-state index in [1.54, 1.807) is 13.0 Å². The van der Waals surface area contributed by atoms with E-state index in [0.717, 1.165) is 31.6 Å². The van der Waals surface area contributed by atoms with Gasteiger partial charge in [0.1, 0.15) is 11.3 Å². The van der Waals surface area contributed by atoms with Gasteiger partial charge in [0.05, 0.1) is 6.61 Å². The van der Waals surface area contributed by atoms with Crippen LogP contribution in [-0.4, -0.2) is 36.9 Å². The minimum atomic E-state index is -1.06. The van der Waals surface area contributed by atoms with Crippen LogP contribution in [0.15, 0.2) is 12.1 Å². The molecule has 0 bridgehead atoms. The van der Waals surface area contributed by atoms with E-state index in [1.807, 2.05) is 13.8 Å². The lowest BCUT2D eigenvalue weighted by Crippen LogP contribution is -2.23. The number of hydrogen-bond acceptors (Lipinski definition) is 6. The van der Waals surface area contributed by atoms with Crippen LogP contribution >= 0.6 is 0 Å². The lowest BCUT2D eigenvalue weighted by Gasteiger charge is -2.25. The Morgan fingerprint density at radius 1 is 1.12 bits per heavy atom. The molecule has 0 fully saturated rings. The van der Waals surface area contributed by atoms with Crippen LogP contribution in [0.2, 0.25) is 0 Å². The zero-order valence-electron chi connectivity index (χ0n) is 14.9. The van der Waals surface area contributed by atoms with Gasteiger partial charge in [0.2, 0.25) is 0 Å². The maximum Gasteiger partial charge on any atom is 0.516 e. The van der Waals surface area contributed by atoms with E-state index in [2.05, 4.69) is 21.3 Å². The normalized spacial score (nSPS) is 10.3. The fraction of sp³-hybridized carbons (Fsp3) is 0.556. The van der Waals surface area contributed by atoms with Crippen molar-refractivity contribution in [2.75, 3.05) is 24.6 Å². The molecule has 0 saturated heterocycles. The predicted octanol–water partition coefficient (Wildman–Crippen LogP) is 3.89. The summed E-state index contributed by atoms with van der Waals surface area (Å²) in [6.07, 6.45) is 1.44. The summed E-state index contributed by atoms with van der Waals surface area (Å²) >= 11 is 0. The second kappa shape index (κ2) is 9.80. The fourth-order valence-electron chi connectivity index (χ4n) is 2.53. The van der Waals surface area contributed by atoms with E-state index < -0.39 is 12.1 Å². The van der Waals surface area contributed by atoms with Gasteiger partial charge in [0.25, 0.3) is 0 Å². The van der Waals surface area contributed by atoms with Crippen molar-refractivity contribution in [1.29, 1.82) is 0 Å². The van der Waals surface area contributed by atoms with Crippen molar-refractivity contribution in [3.63, 3.8) is 0 Å². The Balaban J connectivity index is 3.19. The number of phenols is 1. The molecule has 0 spiro atoms. The van der Waals surface area contributed by atoms with Crippen LogP contribution in [-0.2, 0) is 15.9 Å². The highest BCUT2D eigenvalue weighted by Gasteiger charge is 2.22. The largest absolute Gasteiger partial charge is 0.516 e. The first-order valence-corrected chi connectivity index (χ1v) is 8.48. The van der Waals surface area contributed by atoms with Crippen molar-refractivity contribution >= 4 is 17.8 Å². The molecule has 0 aliphatic heterocycles. The molecule has 0 unspecified atom stereocenters. The third kappa shape index (κ3) is 4.88. The van der Waals surface area contributed by atoms with E-state index in [-0.39, 0.29) is 17.9 Å². The molecule has 0 aliphatic rings. The number of hydrogen-bond donors (Lipinski definition) is 1. The number of aromatic hydroxyl groups is 1. The van der Waals surface area contributed by atoms with Gasteiger partial charge in [-0.15, -0.1) is 0 Å². The third-order valence-corrected chi connectivity index (χ3v) is 3.80. The summed E-state index contributed by atoms with van der Waals surface area (Å²) in [6, 6.07) is 3.28. The quantitative estimate of drug-likeness (QED) is 0.573. The van der Waals surface area contributed by atoms with Gasteiger partial charge in [-0.25, -0.2) is 9.59 Å². The number of phenolic OH excluding ortho intramolecular Hbond substituents is 1. The van der Waals surface area contributed by atoms with E-state index in [4.69, 9.17) is 0 Å². The molecule has 0 radical (unpaired) electrons. The lowest BCUT2D eigenvalue weighted by atomic mass is 10.00. The van der Waals surface area contributed by atoms with Crippen molar-refractivity contribution < 1.29 is 24.2 Å². The smallest absolute Gasteiger partial charge is 0.507 e. The van der Waals surface area contributed by atoms with E-state index in [9.17, 15) is 14.7 Å². The topological polar surface area (TPSA) is 76.1 Å². The number of rotatable bonds is 8. The number of esters is 1. The molecule has 0 heterocycles. The fourth-order valence-corrected chi connectivity index (χ4v) is 2.53. The molecule has 0 atom stereocenters. The summed E-state index contributed by atoms with van der Waals surface area (Å²) in [5, 5.41) is 10.6. The number of carbonyl (C=O) groups excluding carboxylic acids is 2. The standard InChI is InChI=1S/C18H27NO5/c1-5-9-10-13-15(19(6-2)7-3)12-11-14(16(13)20)17(21)24-18(22)23-8-4/h11-12,20H,5-10H2,1-4H3. The molecule has 0 saturated carbocycles. The molecular formula is C18H27NO5. The van der Waals surface area contributed by atoms with Crippen molar-refractivity contribution in [3.8, 4) is 5.75 Å². The lowest BCUT2D eigenvalue weighted by molar-refractivity contribution is 0.0399. The second-order valence-electron chi connectivity index (χ2n) is 5.31. The highest BCUT2D eigenvalue weighted by atomic mass is 16.7. The molecule has 0 aromatic heterocycles. The SMILES string of the molecule is CCCCc1c(N(CC)CC)ccc(C(=O)OC(=O)OCC)c1O. The Bertz CT molecular complexity index is 567. The highest BCUT2D eigenvalue weighted by molar-refractivity contribution is 5.98. The van der Waals surface area contributed by atoms with Gasteiger partial charge in [-0.1, -0.05) is 13.3 Å². The van der Waals surface area contributed by atoms with Crippen molar-refractivity contribution in [1.82, 2.24) is 0 Å². The van der Waals surface area contributed by atoms with Gasteiger partial charge >= 0.3 is 12.1 Å². The Kier molecular flexibility index (Phi) is 8.09. The molecule has 0 aliphatic carbocycles. The van der Waals surface area contributed by atoms with Crippen LogP contribution in [0.1, 0.15) is 56.5 Å². The molecule has 134 valence electrons. The minimum absolute atomic E-state index is 0.0231. The van der Waals surface area contributed by atoms with Crippen molar-refractivity contribution in [2.24, 2.45) is 0 Å². The van der Waals surface area contributed by atoms with Gasteiger partial charge in [-0.2, -0.15) is 0 Å². The summed E-state index contributed by atoms with van der Waals surface area (Å²) in [5.74, 6) is -1.03. The molecule has 1 aromatic carbocycles. The molecule has 24 heavy (non-hydrogen) atoms. The number of unbranched alkanes of at least 4 members (excludes halogenated alkanes) is 1. The van der Waals surface area contributed by atoms with Crippen LogP contribution in [0.5, 0.6) is 5.75 Å². The van der Waals surface area contributed by atoms with Crippen molar-refractivity contribution in [3.05, 3.63) is 23.3 Å². The van der Waals surface area contributed by atoms with E-state index in [1.165, 1.54) is 6.07 Å². The number of anilines is 1. The predicted molar refractivity (Wildman–Crippen MR) is 92.7 cm³/mol. The van der Waals surface area contributed by atoms with Gasteiger partial charge in [-0.3, -0.25) is 0 Å². The maximum absolute atomic E-state index is 12.1. The first-order valence-electron chi connectivity index (χ1n) is 8.48. The summed E-state index contributed by atoms with van der Waals surface area (Å²) < 4.78 is 9.19. The zero-order valence-corrected chi connectivity index (χ0v) is 14.9. The number of nitrogens with zero attached hydrogens (tertiary/aromatic N) is 1. The van der Waals surface area contributed by atoms with Crippen LogP contribution in [0.3, 0.4) is 0 Å². The Hall–Kier alpha value is -2.24. The van der Waals surface area contributed by atoms with E-state index in [0.29, 0.717) is 12.0 Å². The highest BCUT2D eigenvalue weighted by Crippen LogP contribution is 2.34. The Labute approximate surface area is 143 Å². The molecule has 6 heteroatoms. The average Bonchev–Trinajstić information content (AvgIpc) is 2.55. The van der Waals surface area contributed by atoms with Crippen LogP contribution < -0.4 is 4.90 Å². The summed E-state index contributed by atoms with van der Waals surface area (Å²) in [5.41, 5.74) is 1.59. The zero-order chi connectivity index (χ0) is 18.1. The maximum atomic E-state index is 12.1. The molecule has 0 amide bonds. The van der Waals surface area contributed by atoms with Crippen molar-refractivity contribution in [2.45, 2.75) is 47.0 Å². The van der Waals surface area contributed by atoms with E-state index >= 15 is 0 Å². The molecule has 1 rings (SSSR count). The first kappa shape index (κ1) is 19.8. The molecule has 6 nitrogen and oxygen atoms in total. The first-order chi connectivity index (χ1) is 11.5. The summed E-state index contributed by atoms with van der Waals surface area (Å²) in [4.78, 5) is 25.5. The Morgan fingerprint density at radius 3 is 2.33 bits per heavy atom. The molecule has 1 aromatic rings. The number of benzene rings is 1. The van der Waals surface area contributed by atoms with Gasteiger partial charge in [0.15, 0.2) is 0 Å². The number of carbonyl (C=O) groups is 2. The van der Waals surface area contributed by atoms with Gasteiger partial charge in [0, 0.05) is 24.3 Å². The van der Waals surface area contributed by atoms with Gasteiger partial charge in [-0.05, 0) is 45.7 Å².